The molecule has 3 amide bonds. The van der Waals surface area contributed by atoms with Gasteiger partial charge in [0.05, 0.1) is 12.2 Å². The van der Waals surface area contributed by atoms with Gasteiger partial charge in [-0.15, -0.1) is 11.8 Å². The topological polar surface area (TPSA) is 160 Å². The van der Waals surface area contributed by atoms with Crippen LogP contribution in [-0.2, 0) is 20.8 Å². The summed E-state index contributed by atoms with van der Waals surface area (Å²) in [4.78, 5) is 50.4. The fourth-order valence-electron chi connectivity index (χ4n) is 3.97. The van der Waals surface area contributed by atoms with Gasteiger partial charge in [0, 0.05) is 18.7 Å². The first-order valence-electron chi connectivity index (χ1n) is 10.1. The molecule has 3 heterocycles. The number of carboxylic acids is 1. The van der Waals surface area contributed by atoms with E-state index in [0.717, 1.165) is 5.56 Å². The monoisotopic (exact) mass is 468 g/mol. The Hall–Kier alpha value is -3.86. The predicted octanol–water partition coefficient (Wildman–Crippen LogP) is -0.141. The van der Waals surface area contributed by atoms with Crippen molar-refractivity contribution in [1.29, 1.82) is 0 Å². The molecule has 2 atom stereocenters. The van der Waals surface area contributed by atoms with Crippen LogP contribution >= 0.6 is 11.8 Å². The first-order valence-corrected chi connectivity index (χ1v) is 11.1. The summed E-state index contributed by atoms with van der Waals surface area (Å²) in [6, 6.07) is 9.16. The zero-order valence-corrected chi connectivity index (χ0v) is 18.5. The summed E-state index contributed by atoms with van der Waals surface area (Å²) in [7, 11) is 0. The van der Waals surface area contributed by atoms with Crippen LogP contribution in [-0.4, -0.2) is 50.9 Å². The number of carbonyl (C=O) groups excluding carboxylic acids is 3. The molecule has 1 saturated heterocycles. The summed E-state index contributed by atoms with van der Waals surface area (Å²) < 4.78 is 1.56. The molecule has 0 spiro atoms. The van der Waals surface area contributed by atoms with Crippen molar-refractivity contribution < 1.29 is 28.9 Å². The molecule has 33 heavy (non-hydrogen) atoms. The van der Waals surface area contributed by atoms with Gasteiger partial charge in [-0.3, -0.25) is 19.3 Å². The number of nitrogens with zero attached hydrogens (tertiary/aromatic N) is 2. The zero-order valence-electron chi connectivity index (χ0n) is 17.6. The Kier molecular flexibility index (Phi) is 5.81. The van der Waals surface area contributed by atoms with Crippen LogP contribution < -0.4 is 21.4 Å². The van der Waals surface area contributed by atoms with Gasteiger partial charge in [0.15, 0.2) is 17.6 Å². The van der Waals surface area contributed by atoms with E-state index in [-0.39, 0.29) is 29.3 Å². The number of anilines is 1. The molecule has 1 aromatic heterocycles. The van der Waals surface area contributed by atoms with Crippen molar-refractivity contribution >= 4 is 46.8 Å². The number of fused-ring (bicyclic) bond motifs is 1. The third-order valence-corrected chi connectivity index (χ3v) is 6.88. The van der Waals surface area contributed by atoms with Crippen molar-refractivity contribution in [1.82, 2.24) is 10.2 Å². The van der Waals surface area contributed by atoms with Crippen molar-refractivity contribution in [2.75, 3.05) is 11.5 Å². The maximum Gasteiger partial charge on any atom is 0.359 e. The Bertz CT molecular complexity index is 1210. The molecule has 4 rings (SSSR count). The number of nitrogens with one attached hydrogen (secondary N) is 1. The second-order valence-corrected chi connectivity index (χ2v) is 8.82. The number of aromatic nitrogens is 1. The fraction of sp³-hybridized carbons (Fsp3) is 0.227. The van der Waals surface area contributed by atoms with Gasteiger partial charge in [0.2, 0.25) is 11.6 Å². The molecule has 0 aliphatic carbocycles. The third-order valence-electron chi connectivity index (χ3n) is 5.62. The number of rotatable bonds is 6. The lowest BCUT2D eigenvalue weighted by Gasteiger charge is -2.48. The minimum atomic E-state index is -1.27. The van der Waals surface area contributed by atoms with E-state index in [0.29, 0.717) is 17.1 Å². The summed E-state index contributed by atoms with van der Waals surface area (Å²) in [5, 5.41) is 12.1. The minimum Gasteiger partial charge on any atom is -0.476 e. The van der Waals surface area contributed by atoms with Gasteiger partial charge in [-0.05, 0) is 23.8 Å². The summed E-state index contributed by atoms with van der Waals surface area (Å²) in [6.07, 6.45) is 1.69. The summed E-state index contributed by atoms with van der Waals surface area (Å²) in [5.41, 5.74) is 13.3. The predicted molar refractivity (Wildman–Crippen MR) is 120 cm³/mol. The standard InChI is InChI=1S/C22H21N5O5S/c1-11-14(19(24)29)3-2-8-26(11)15-10-33-21-17(20(30)27(21)18(15)22(31)32)25-16(28)9-12-4-6-13(23)7-5-12/h2-8,17,21H,9-10,23H2,1H3,(H3-,24,25,28,29,31,32)/p+1. The van der Waals surface area contributed by atoms with E-state index in [9.17, 15) is 24.3 Å². The van der Waals surface area contributed by atoms with Crippen LogP contribution in [0.15, 0.2) is 48.3 Å². The Morgan fingerprint density at radius 2 is 1.94 bits per heavy atom. The largest absolute Gasteiger partial charge is 0.476 e. The van der Waals surface area contributed by atoms with E-state index in [4.69, 9.17) is 11.5 Å². The molecule has 0 saturated carbocycles. The Balaban J connectivity index is 1.57. The lowest BCUT2D eigenvalue weighted by molar-refractivity contribution is -0.589. The van der Waals surface area contributed by atoms with E-state index in [1.807, 2.05) is 0 Å². The molecule has 1 fully saturated rings. The van der Waals surface area contributed by atoms with Crippen LogP contribution in [0.4, 0.5) is 5.69 Å². The number of nitrogens with two attached hydrogens (primary N) is 2. The summed E-state index contributed by atoms with van der Waals surface area (Å²) >= 11 is 1.34. The lowest BCUT2D eigenvalue weighted by Crippen LogP contribution is -2.71. The van der Waals surface area contributed by atoms with Gasteiger partial charge < -0.3 is 21.9 Å². The maximum atomic E-state index is 12.9. The van der Waals surface area contributed by atoms with E-state index < -0.39 is 29.2 Å². The van der Waals surface area contributed by atoms with Crippen molar-refractivity contribution in [3.63, 3.8) is 0 Å². The number of benzene rings is 1. The number of aliphatic carboxylic acids is 1. The van der Waals surface area contributed by atoms with E-state index in [1.54, 1.807) is 54.1 Å². The highest BCUT2D eigenvalue weighted by Crippen LogP contribution is 2.40. The Labute approximate surface area is 193 Å². The zero-order chi connectivity index (χ0) is 23.9. The molecule has 10 nitrogen and oxygen atoms in total. The smallest absolute Gasteiger partial charge is 0.359 e. The van der Waals surface area contributed by atoms with E-state index in [1.165, 1.54) is 16.7 Å². The molecule has 0 bridgehead atoms. The highest BCUT2D eigenvalue weighted by Gasteiger charge is 2.56. The Morgan fingerprint density at radius 1 is 1.24 bits per heavy atom. The van der Waals surface area contributed by atoms with Crippen LogP contribution in [0.25, 0.3) is 5.70 Å². The Morgan fingerprint density at radius 3 is 2.58 bits per heavy atom. The second kappa shape index (κ2) is 8.58. The molecule has 1 aromatic carbocycles. The lowest BCUT2D eigenvalue weighted by atomic mass is 10.0. The molecule has 6 N–H and O–H groups in total. The number of hydrogen-bond donors (Lipinski definition) is 4. The minimum absolute atomic E-state index is 0.0727. The summed E-state index contributed by atoms with van der Waals surface area (Å²) in [6.45, 7) is 1.65. The molecule has 0 radical (unpaired) electrons. The number of hydrogen-bond acceptors (Lipinski definition) is 6. The normalized spacial score (nSPS) is 19.5. The van der Waals surface area contributed by atoms with Crippen molar-refractivity contribution in [3.8, 4) is 0 Å². The number of carboxylic acid groups (broad SMARTS) is 1. The SMILES string of the molecule is Cc1c(C(N)=O)ccc[n+]1C1=C(C(=O)O)N2C(=O)C(NC(=O)Cc3ccc(N)cc3)C2SC1. The average Bonchev–Trinajstić information content (AvgIpc) is 2.78. The molecule has 2 aliphatic heterocycles. The van der Waals surface area contributed by atoms with E-state index in [2.05, 4.69) is 5.32 Å². The highest BCUT2D eigenvalue weighted by molar-refractivity contribution is 8.00. The molecule has 2 aromatic rings. The maximum absolute atomic E-state index is 12.9. The number of carbonyl (C=O) groups is 4. The van der Waals surface area contributed by atoms with Gasteiger partial charge in [-0.25, -0.2) is 4.79 Å². The van der Waals surface area contributed by atoms with Gasteiger partial charge in [-0.2, -0.15) is 4.57 Å². The van der Waals surface area contributed by atoms with E-state index >= 15 is 0 Å². The van der Waals surface area contributed by atoms with Gasteiger partial charge in [0.1, 0.15) is 17.0 Å². The number of nitrogen functional groups attached to an aromatic ring is 1. The molecule has 11 heteroatoms. The van der Waals surface area contributed by atoms with Crippen molar-refractivity contribution in [2.24, 2.45) is 5.73 Å². The summed E-state index contributed by atoms with van der Waals surface area (Å²) in [5.74, 6) is -2.49. The second-order valence-electron chi connectivity index (χ2n) is 7.72. The third kappa shape index (κ3) is 4.02. The molecule has 170 valence electrons. The number of thioether (sulfide) groups is 1. The van der Waals surface area contributed by atoms with Crippen molar-refractivity contribution in [2.45, 2.75) is 24.8 Å². The van der Waals surface area contributed by atoms with Crippen LogP contribution in [0.3, 0.4) is 0 Å². The van der Waals surface area contributed by atoms with Crippen molar-refractivity contribution in [3.05, 3.63) is 65.1 Å². The highest BCUT2D eigenvalue weighted by atomic mass is 32.2. The average molecular weight is 469 g/mol. The van der Waals surface area contributed by atoms with Crippen LogP contribution in [0.1, 0.15) is 21.6 Å². The van der Waals surface area contributed by atoms with Crippen LogP contribution in [0.5, 0.6) is 0 Å². The molecular formula is C22H22N5O5S+. The number of amides is 3. The first kappa shape index (κ1) is 22.3. The fourth-order valence-corrected chi connectivity index (χ4v) is 5.31. The van der Waals surface area contributed by atoms with Gasteiger partial charge >= 0.3 is 5.97 Å². The molecule has 2 aliphatic rings. The first-order chi connectivity index (χ1) is 15.7. The quantitative estimate of drug-likeness (QED) is 0.261. The van der Waals surface area contributed by atoms with Crippen LogP contribution in [0, 0.1) is 6.92 Å². The van der Waals surface area contributed by atoms with Crippen LogP contribution in [0.2, 0.25) is 0 Å². The van der Waals surface area contributed by atoms with Gasteiger partial charge in [0.25, 0.3) is 11.8 Å². The molecule has 2 unspecified atom stereocenters. The number of pyridine rings is 1. The van der Waals surface area contributed by atoms with Gasteiger partial charge in [-0.1, -0.05) is 12.1 Å². The number of primary amides is 1. The number of β-lactam (4-membered cyclic amide) rings is 1. The molecular weight excluding hydrogens is 446 g/mol.